The molecule has 1 aliphatic heterocycles. The van der Waals surface area contributed by atoms with Crippen molar-refractivity contribution in [3.05, 3.63) is 96.1 Å². The minimum Gasteiger partial charge on any atom is -0.452 e. The van der Waals surface area contributed by atoms with E-state index in [1.54, 1.807) is 30.3 Å². The SMILES string of the molecule is CN(c1ccccc1)S(=O)(=O)c1ccc(C(=O)OCC(=O)N2CCC(c3ccccc3)=N2)cc1. The maximum Gasteiger partial charge on any atom is 0.338 e. The number of sulfonamides is 1. The smallest absolute Gasteiger partial charge is 0.338 e. The van der Waals surface area contributed by atoms with Gasteiger partial charge in [-0.15, -0.1) is 0 Å². The second kappa shape index (κ2) is 9.88. The molecule has 4 rings (SSSR count). The maximum absolute atomic E-state index is 12.9. The second-order valence-electron chi connectivity index (χ2n) is 7.59. The van der Waals surface area contributed by atoms with E-state index in [2.05, 4.69) is 5.10 Å². The summed E-state index contributed by atoms with van der Waals surface area (Å²) in [5.41, 5.74) is 2.41. The van der Waals surface area contributed by atoms with E-state index in [-0.39, 0.29) is 10.5 Å². The number of hydrazone groups is 1. The molecule has 9 heteroatoms. The van der Waals surface area contributed by atoms with Gasteiger partial charge < -0.3 is 4.74 Å². The standard InChI is InChI=1S/C25H23N3O5S/c1-27(21-10-6-3-7-11-21)34(31,32)22-14-12-20(13-15-22)25(30)33-18-24(29)28-17-16-23(26-28)19-8-4-2-5-9-19/h2-15H,16-18H2,1H3. The molecule has 3 aromatic rings. The van der Waals surface area contributed by atoms with Crippen LogP contribution in [0.2, 0.25) is 0 Å². The lowest BCUT2D eigenvalue weighted by Gasteiger charge is -2.19. The van der Waals surface area contributed by atoms with Crippen LogP contribution >= 0.6 is 0 Å². The van der Waals surface area contributed by atoms with E-state index < -0.39 is 28.5 Å². The first-order chi connectivity index (χ1) is 16.4. The summed E-state index contributed by atoms with van der Waals surface area (Å²) < 4.78 is 32.0. The molecule has 0 atom stereocenters. The molecule has 1 aliphatic rings. The van der Waals surface area contributed by atoms with Crippen molar-refractivity contribution in [1.82, 2.24) is 5.01 Å². The Bertz CT molecular complexity index is 1310. The molecule has 0 radical (unpaired) electrons. The van der Waals surface area contributed by atoms with Crippen LogP contribution in [-0.4, -0.2) is 51.2 Å². The number of ether oxygens (including phenoxy) is 1. The molecule has 0 unspecified atom stereocenters. The van der Waals surface area contributed by atoms with Crippen LogP contribution < -0.4 is 4.31 Å². The number of carbonyl (C=O) groups excluding carboxylic acids is 2. The molecule has 0 spiro atoms. The highest BCUT2D eigenvalue weighted by atomic mass is 32.2. The van der Waals surface area contributed by atoms with Gasteiger partial charge in [-0.05, 0) is 42.0 Å². The molecular weight excluding hydrogens is 454 g/mol. The summed E-state index contributed by atoms with van der Waals surface area (Å²) in [6.45, 7) is -0.0384. The third-order valence-electron chi connectivity index (χ3n) is 5.39. The Hall–Kier alpha value is -3.98. The molecule has 0 N–H and O–H groups in total. The average molecular weight is 478 g/mol. The van der Waals surface area contributed by atoms with Crippen molar-refractivity contribution in [1.29, 1.82) is 0 Å². The lowest BCUT2D eigenvalue weighted by Crippen LogP contribution is -2.29. The molecule has 0 saturated heterocycles. The van der Waals surface area contributed by atoms with Gasteiger partial charge in [0.25, 0.3) is 15.9 Å². The monoisotopic (exact) mass is 477 g/mol. The number of hydrogen-bond donors (Lipinski definition) is 0. The fourth-order valence-electron chi connectivity index (χ4n) is 3.45. The van der Waals surface area contributed by atoms with Gasteiger partial charge in [0.2, 0.25) is 0 Å². The van der Waals surface area contributed by atoms with E-state index in [0.717, 1.165) is 11.3 Å². The average Bonchev–Trinajstić information content (AvgIpc) is 3.38. The van der Waals surface area contributed by atoms with Crippen LogP contribution in [0.25, 0.3) is 0 Å². The van der Waals surface area contributed by atoms with E-state index in [0.29, 0.717) is 18.7 Å². The number of amides is 1. The molecular formula is C25H23N3O5S. The van der Waals surface area contributed by atoms with Gasteiger partial charge in [0, 0.05) is 13.5 Å². The van der Waals surface area contributed by atoms with Crippen molar-refractivity contribution in [3.8, 4) is 0 Å². The van der Waals surface area contributed by atoms with Gasteiger partial charge in [-0.2, -0.15) is 5.10 Å². The van der Waals surface area contributed by atoms with Crippen LogP contribution in [0.1, 0.15) is 22.3 Å². The lowest BCUT2D eigenvalue weighted by atomic mass is 10.1. The van der Waals surface area contributed by atoms with Crippen molar-refractivity contribution in [2.75, 3.05) is 24.5 Å². The Morgan fingerprint density at radius 2 is 1.56 bits per heavy atom. The minimum atomic E-state index is -3.79. The highest BCUT2D eigenvalue weighted by Gasteiger charge is 2.24. The van der Waals surface area contributed by atoms with Gasteiger partial charge >= 0.3 is 5.97 Å². The normalized spacial score (nSPS) is 13.3. The lowest BCUT2D eigenvalue weighted by molar-refractivity contribution is -0.134. The molecule has 0 fully saturated rings. The predicted octanol–water partition coefficient (Wildman–Crippen LogP) is 3.31. The number of hydrogen-bond acceptors (Lipinski definition) is 6. The number of anilines is 1. The summed E-state index contributed by atoms with van der Waals surface area (Å²) in [4.78, 5) is 24.8. The molecule has 34 heavy (non-hydrogen) atoms. The van der Waals surface area contributed by atoms with Crippen LogP contribution in [0.15, 0.2) is 94.9 Å². The predicted molar refractivity (Wildman–Crippen MR) is 128 cm³/mol. The van der Waals surface area contributed by atoms with Crippen LogP contribution in [0.4, 0.5) is 5.69 Å². The molecule has 0 aliphatic carbocycles. The quantitative estimate of drug-likeness (QED) is 0.487. The van der Waals surface area contributed by atoms with E-state index in [4.69, 9.17) is 4.74 Å². The molecule has 1 amide bonds. The molecule has 0 bridgehead atoms. The molecule has 0 aromatic heterocycles. The summed E-state index contributed by atoms with van der Waals surface area (Å²) in [7, 11) is -2.33. The zero-order valence-corrected chi connectivity index (χ0v) is 19.3. The summed E-state index contributed by atoms with van der Waals surface area (Å²) in [6, 6.07) is 23.6. The Morgan fingerprint density at radius 3 is 2.21 bits per heavy atom. The zero-order chi connectivity index (χ0) is 24.1. The van der Waals surface area contributed by atoms with E-state index in [1.807, 2.05) is 30.3 Å². The number of esters is 1. The van der Waals surface area contributed by atoms with Crippen LogP contribution in [-0.2, 0) is 19.6 Å². The van der Waals surface area contributed by atoms with Crippen molar-refractivity contribution in [2.45, 2.75) is 11.3 Å². The first-order valence-electron chi connectivity index (χ1n) is 10.6. The minimum absolute atomic E-state index is 0.0336. The molecule has 174 valence electrons. The first-order valence-corrected chi connectivity index (χ1v) is 12.0. The fourth-order valence-corrected chi connectivity index (χ4v) is 4.65. The van der Waals surface area contributed by atoms with E-state index in [1.165, 1.54) is 40.6 Å². The number of para-hydroxylation sites is 1. The molecule has 0 saturated carbocycles. The van der Waals surface area contributed by atoms with Gasteiger partial charge in [0.05, 0.1) is 28.4 Å². The number of benzene rings is 3. The van der Waals surface area contributed by atoms with Crippen LogP contribution in [0.3, 0.4) is 0 Å². The number of rotatable bonds is 7. The zero-order valence-electron chi connectivity index (χ0n) is 18.5. The Kier molecular flexibility index (Phi) is 6.74. The third-order valence-corrected chi connectivity index (χ3v) is 7.19. The largest absolute Gasteiger partial charge is 0.452 e. The van der Waals surface area contributed by atoms with Crippen LogP contribution in [0.5, 0.6) is 0 Å². The Balaban J connectivity index is 1.36. The van der Waals surface area contributed by atoms with E-state index >= 15 is 0 Å². The first kappa shape index (κ1) is 23.2. The van der Waals surface area contributed by atoms with Gasteiger partial charge in [-0.1, -0.05) is 48.5 Å². The highest BCUT2D eigenvalue weighted by Crippen LogP contribution is 2.22. The highest BCUT2D eigenvalue weighted by molar-refractivity contribution is 7.92. The topological polar surface area (TPSA) is 96.3 Å². The van der Waals surface area contributed by atoms with Crippen molar-refractivity contribution < 1.29 is 22.7 Å². The molecule has 8 nitrogen and oxygen atoms in total. The van der Waals surface area contributed by atoms with Crippen LogP contribution in [0, 0.1) is 0 Å². The third kappa shape index (κ3) is 4.99. The number of nitrogens with zero attached hydrogens (tertiary/aromatic N) is 3. The fraction of sp³-hybridized carbons (Fsp3) is 0.160. The molecule has 3 aromatic carbocycles. The molecule has 1 heterocycles. The van der Waals surface area contributed by atoms with E-state index in [9.17, 15) is 18.0 Å². The van der Waals surface area contributed by atoms with Gasteiger partial charge in [-0.3, -0.25) is 9.10 Å². The second-order valence-corrected chi connectivity index (χ2v) is 9.56. The van der Waals surface area contributed by atoms with Gasteiger partial charge in [0.15, 0.2) is 6.61 Å². The van der Waals surface area contributed by atoms with Crippen molar-refractivity contribution >= 4 is 33.3 Å². The summed E-state index contributed by atoms with van der Waals surface area (Å²) in [5.74, 6) is -1.15. The van der Waals surface area contributed by atoms with Gasteiger partial charge in [0.1, 0.15) is 0 Å². The van der Waals surface area contributed by atoms with Gasteiger partial charge in [-0.25, -0.2) is 18.2 Å². The Morgan fingerprint density at radius 1 is 0.941 bits per heavy atom. The maximum atomic E-state index is 12.9. The summed E-state index contributed by atoms with van der Waals surface area (Å²) in [6.07, 6.45) is 0.622. The number of carbonyl (C=O) groups is 2. The van der Waals surface area contributed by atoms with Crippen molar-refractivity contribution in [2.24, 2.45) is 5.10 Å². The Labute approximate surface area is 198 Å². The van der Waals surface area contributed by atoms with Crippen molar-refractivity contribution in [3.63, 3.8) is 0 Å². The summed E-state index contributed by atoms with van der Waals surface area (Å²) >= 11 is 0. The summed E-state index contributed by atoms with van der Waals surface area (Å²) in [5, 5.41) is 5.62.